The van der Waals surface area contributed by atoms with Gasteiger partial charge in [-0.25, -0.2) is 4.79 Å². The summed E-state index contributed by atoms with van der Waals surface area (Å²) in [6, 6.07) is 16.9. The summed E-state index contributed by atoms with van der Waals surface area (Å²) >= 11 is 0. The van der Waals surface area contributed by atoms with E-state index >= 15 is 0 Å². The van der Waals surface area contributed by atoms with Crippen molar-refractivity contribution in [2.45, 2.75) is 26.3 Å². The molecule has 0 spiro atoms. The normalized spacial score (nSPS) is 10.8. The second-order valence-electron chi connectivity index (χ2n) is 7.62. The Kier molecular flexibility index (Phi) is 7.62. The van der Waals surface area contributed by atoms with Crippen LogP contribution < -0.4 is 21.9 Å². The summed E-state index contributed by atoms with van der Waals surface area (Å²) in [7, 11) is 1.57. The molecule has 32 heavy (non-hydrogen) atoms. The highest BCUT2D eigenvalue weighted by molar-refractivity contribution is 5.96. The second-order valence-corrected chi connectivity index (χ2v) is 7.62. The molecule has 0 aliphatic heterocycles. The van der Waals surface area contributed by atoms with Crippen LogP contribution >= 0.6 is 0 Å². The van der Waals surface area contributed by atoms with Gasteiger partial charge in [0.05, 0.1) is 13.0 Å². The van der Waals surface area contributed by atoms with Gasteiger partial charge in [0, 0.05) is 20.3 Å². The summed E-state index contributed by atoms with van der Waals surface area (Å²) in [5.74, 6) is -0.329. The van der Waals surface area contributed by atoms with E-state index in [4.69, 9.17) is 10.5 Å². The van der Waals surface area contributed by atoms with Crippen LogP contribution in [0.2, 0.25) is 0 Å². The Morgan fingerprint density at radius 3 is 2.41 bits per heavy atom. The van der Waals surface area contributed by atoms with E-state index in [0.29, 0.717) is 13.0 Å². The van der Waals surface area contributed by atoms with Crippen molar-refractivity contribution in [1.29, 1.82) is 0 Å². The number of aromatic amines is 1. The number of hydrogen-bond donors (Lipinski definition) is 2. The molecule has 3 N–H and O–H groups in total. The molecule has 0 atom stereocenters. The maximum absolute atomic E-state index is 13.2. The van der Waals surface area contributed by atoms with Gasteiger partial charge in [-0.2, -0.15) is 0 Å². The average molecular weight is 437 g/mol. The van der Waals surface area contributed by atoms with Gasteiger partial charge in [-0.1, -0.05) is 60.2 Å². The molecular weight excluding hydrogens is 408 g/mol. The number of anilines is 2. The third kappa shape index (κ3) is 5.53. The van der Waals surface area contributed by atoms with Gasteiger partial charge < -0.3 is 15.4 Å². The first-order chi connectivity index (χ1) is 15.4. The van der Waals surface area contributed by atoms with Crippen molar-refractivity contribution in [2.24, 2.45) is 0 Å². The number of methoxy groups -OCH3 is 1. The number of nitrogens with two attached hydrogens (primary N) is 1. The van der Waals surface area contributed by atoms with Crippen molar-refractivity contribution < 1.29 is 9.53 Å². The van der Waals surface area contributed by atoms with Crippen LogP contribution in [0.15, 0.2) is 64.2 Å². The predicted octanol–water partition coefficient (Wildman–Crippen LogP) is 2.09. The number of carbonyl (C=O) groups is 1. The number of nitrogens with one attached hydrogen (secondary N) is 1. The molecule has 3 rings (SSSR count). The lowest BCUT2D eigenvalue weighted by Crippen LogP contribution is -2.42. The van der Waals surface area contributed by atoms with Gasteiger partial charge in [-0.3, -0.25) is 19.1 Å². The minimum atomic E-state index is -0.688. The molecule has 1 heterocycles. The number of ether oxygens (including phenoxy) is 1. The lowest BCUT2D eigenvalue weighted by molar-refractivity contribution is -0.118. The van der Waals surface area contributed by atoms with Crippen LogP contribution in [0.3, 0.4) is 0 Å². The molecule has 1 amide bonds. The molecule has 8 nitrogen and oxygen atoms in total. The van der Waals surface area contributed by atoms with E-state index in [1.165, 1.54) is 9.47 Å². The number of H-pyrrole nitrogens is 1. The maximum atomic E-state index is 13.2. The molecule has 1 aromatic heterocycles. The van der Waals surface area contributed by atoms with Crippen molar-refractivity contribution in [3.63, 3.8) is 0 Å². The summed E-state index contributed by atoms with van der Waals surface area (Å²) in [5.41, 5.74) is 7.73. The summed E-state index contributed by atoms with van der Waals surface area (Å²) in [5, 5.41) is 0. The summed E-state index contributed by atoms with van der Waals surface area (Å²) in [6.07, 6.45) is 0.608. The van der Waals surface area contributed by atoms with E-state index in [1.54, 1.807) is 7.11 Å². The molecule has 0 bridgehead atoms. The maximum Gasteiger partial charge on any atom is 0.330 e. The molecule has 0 fully saturated rings. The molecular formula is C24H28N4O4. The molecule has 3 aromatic rings. The van der Waals surface area contributed by atoms with Crippen LogP contribution in [-0.4, -0.2) is 35.7 Å². The van der Waals surface area contributed by atoms with Gasteiger partial charge in [0.15, 0.2) is 5.69 Å². The van der Waals surface area contributed by atoms with Crippen LogP contribution in [0, 0.1) is 6.92 Å². The van der Waals surface area contributed by atoms with E-state index < -0.39 is 11.2 Å². The molecule has 0 unspecified atom stereocenters. The van der Waals surface area contributed by atoms with E-state index in [1.807, 2.05) is 61.5 Å². The van der Waals surface area contributed by atoms with Gasteiger partial charge in [0.1, 0.15) is 5.82 Å². The summed E-state index contributed by atoms with van der Waals surface area (Å²) < 4.78 is 6.38. The van der Waals surface area contributed by atoms with Crippen molar-refractivity contribution in [2.75, 3.05) is 30.9 Å². The Bertz CT molecular complexity index is 1170. The van der Waals surface area contributed by atoms with Crippen LogP contribution in [0.4, 0.5) is 11.5 Å². The van der Waals surface area contributed by atoms with E-state index in [0.717, 1.165) is 16.7 Å². The Morgan fingerprint density at radius 2 is 1.75 bits per heavy atom. The van der Waals surface area contributed by atoms with Gasteiger partial charge in [0.2, 0.25) is 5.91 Å². The third-order valence-electron chi connectivity index (χ3n) is 5.17. The molecule has 0 aliphatic carbocycles. The van der Waals surface area contributed by atoms with Gasteiger partial charge in [-0.05, 0) is 24.5 Å². The van der Waals surface area contributed by atoms with Crippen LogP contribution in [-0.2, 0) is 22.5 Å². The largest absolute Gasteiger partial charge is 0.385 e. The predicted molar refractivity (Wildman–Crippen MR) is 125 cm³/mol. The smallest absolute Gasteiger partial charge is 0.330 e. The monoisotopic (exact) mass is 436 g/mol. The number of aromatic nitrogens is 2. The zero-order valence-electron chi connectivity index (χ0n) is 18.3. The lowest BCUT2D eigenvalue weighted by Gasteiger charge is -2.24. The van der Waals surface area contributed by atoms with Crippen LogP contribution in [0.1, 0.15) is 23.1 Å². The SMILES string of the molecule is COCCCN(C(=O)Cc1ccc(C)cc1)c1c(N)n(Cc2ccccc2)c(=O)[nH]c1=O. The number of hydrogen-bond acceptors (Lipinski definition) is 5. The first-order valence-electron chi connectivity index (χ1n) is 10.4. The first kappa shape index (κ1) is 23.0. The molecule has 0 saturated carbocycles. The topological polar surface area (TPSA) is 110 Å². The van der Waals surface area contributed by atoms with Crippen molar-refractivity contribution in [1.82, 2.24) is 9.55 Å². The quantitative estimate of drug-likeness (QED) is 0.499. The van der Waals surface area contributed by atoms with E-state index in [-0.39, 0.29) is 36.9 Å². The fourth-order valence-electron chi connectivity index (χ4n) is 3.47. The second kappa shape index (κ2) is 10.6. The molecule has 168 valence electrons. The Balaban J connectivity index is 2.00. The first-order valence-corrected chi connectivity index (χ1v) is 10.4. The van der Waals surface area contributed by atoms with Gasteiger partial charge >= 0.3 is 5.69 Å². The number of rotatable bonds is 9. The fraction of sp³-hybridized carbons (Fsp3) is 0.292. The number of nitrogens with zero attached hydrogens (tertiary/aromatic N) is 2. The fourth-order valence-corrected chi connectivity index (χ4v) is 3.47. The third-order valence-corrected chi connectivity index (χ3v) is 5.17. The number of benzene rings is 2. The minimum absolute atomic E-state index is 0.0197. The summed E-state index contributed by atoms with van der Waals surface area (Å²) in [6.45, 7) is 2.79. The van der Waals surface area contributed by atoms with Crippen molar-refractivity contribution in [3.05, 3.63) is 92.1 Å². The van der Waals surface area contributed by atoms with Crippen LogP contribution in [0.5, 0.6) is 0 Å². The highest BCUT2D eigenvalue weighted by Gasteiger charge is 2.24. The highest BCUT2D eigenvalue weighted by atomic mass is 16.5. The molecule has 8 heteroatoms. The number of aryl methyl sites for hydroxylation is 1. The highest BCUT2D eigenvalue weighted by Crippen LogP contribution is 2.20. The zero-order valence-corrected chi connectivity index (χ0v) is 18.3. The Morgan fingerprint density at radius 1 is 1.06 bits per heavy atom. The van der Waals surface area contributed by atoms with Crippen LogP contribution in [0.25, 0.3) is 0 Å². The number of carbonyl (C=O) groups excluding carboxylic acids is 1. The van der Waals surface area contributed by atoms with Crippen molar-refractivity contribution >= 4 is 17.4 Å². The number of amides is 1. The molecule has 0 radical (unpaired) electrons. The van der Waals surface area contributed by atoms with E-state index in [2.05, 4.69) is 4.98 Å². The van der Waals surface area contributed by atoms with E-state index in [9.17, 15) is 14.4 Å². The average Bonchev–Trinajstić information content (AvgIpc) is 2.77. The minimum Gasteiger partial charge on any atom is -0.385 e. The Hall–Kier alpha value is -3.65. The van der Waals surface area contributed by atoms with Gasteiger partial charge in [-0.15, -0.1) is 0 Å². The zero-order chi connectivity index (χ0) is 23.1. The Labute approximate surface area is 186 Å². The van der Waals surface area contributed by atoms with Gasteiger partial charge in [0.25, 0.3) is 5.56 Å². The molecule has 0 saturated heterocycles. The van der Waals surface area contributed by atoms with Crippen molar-refractivity contribution in [3.8, 4) is 0 Å². The standard InChI is InChI=1S/C24H28N4O4/c1-17-9-11-18(12-10-17)15-20(29)27(13-6-14-32-2)21-22(25)28(24(31)26-23(21)30)16-19-7-4-3-5-8-19/h3-5,7-12H,6,13-16,25H2,1-2H3,(H,26,30,31). The lowest BCUT2D eigenvalue weighted by atomic mass is 10.1. The summed E-state index contributed by atoms with van der Waals surface area (Å²) in [4.78, 5) is 42.2. The molecule has 2 aromatic carbocycles. The molecule has 0 aliphatic rings. The number of nitrogen functional groups attached to an aromatic ring is 1.